The molecule has 0 aliphatic heterocycles. The van der Waals surface area contributed by atoms with Gasteiger partial charge in [-0.3, -0.25) is 10.9 Å². The molecule has 0 aromatic carbocycles. The highest BCUT2D eigenvalue weighted by Crippen LogP contribution is 2.10. The van der Waals surface area contributed by atoms with Gasteiger partial charge in [-0.2, -0.15) is 20.1 Å². The van der Waals surface area contributed by atoms with E-state index in [2.05, 4.69) is 70.5 Å². The second-order valence-corrected chi connectivity index (χ2v) is 6.48. The number of aromatic nitrogens is 9. The molecule has 12 nitrogen and oxygen atoms in total. The monoisotopic (exact) mass is 390 g/mol. The number of aryl methyl sites for hydroxylation is 2. The van der Waals surface area contributed by atoms with Gasteiger partial charge in [-0.05, 0) is 37.4 Å². The van der Waals surface area contributed by atoms with Gasteiger partial charge in [0.1, 0.15) is 0 Å². The van der Waals surface area contributed by atoms with E-state index in [0.29, 0.717) is 18.4 Å². The van der Waals surface area contributed by atoms with Gasteiger partial charge in [0.25, 0.3) is 11.9 Å². The van der Waals surface area contributed by atoms with E-state index in [0.717, 1.165) is 11.4 Å². The van der Waals surface area contributed by atoms with Crippen LogP contribution in [0.1, 0.15) is 25.2 Å². The SMILES string of the molecule is Cc1cc(C)n(-c2nnc(NNc3nc(Cl)nc(NCC(C)C)n3)nn2)n1. The van der Waals surface area contributed by atoms with Crippen LogP contribution in [-0.2, 0) is 0 Å². The largest absolute Gasteiger partial charge is 0.354 e. The molecule has 3 aromatic rings. The summed E-state index contributed by atoms with van der Waals surface area (Å²) in [6.07, 6.45) is 0. The summed E-state index contributed by atoms with van der Waals surface area (Å²) in [5, 5.41) is 23.3. The summed E-state index contributed by atoms with van der Waals surface area (Å²) in [5.74, 6) is 1.40. The first kappa shape index (κ1) is 18.6. The summed E-state index contributed by atoms with van der Waals surface area (Å²) in [4.78, 5) is 12.2. The molecule has 0 spiro atoms. The highest BCUT2D eigenvalue weighted by atomic mass is 35.5. The van der Waals surface area contributed by atoms with E-state index in [4.69, 9.17) is 11.6 Å². The number of rotatable bonds is 7. The Balaban J connectivity index is 1.65. The minimum Gasteiger partial charge on any atom is -0.354 e. The first-order valence-corrected chi connectivity index (χ1v) is 8.57. The molecule has 3 N–H and O–H groups in total. The molecule has 27 heavy (non-hydrogen) atoms. The van der Waals surface area contributed by atoms with Crippen LogP contribution in [0.3, 0.4) is 0 Å². The second kappa shape index (κ2) is 8.03. The van der Waals surface area contributed by atoms with Crippen LogP contribution < -0.4 is 16.2 Å². The molecule has 13 heteroatoms. The first-order valence-electron chi connectivity index (χ1n) is 8.19. The maximum Gasteiger partial charge on any atom is 0.289 e. The predicted molar refractivity (Wildman–Crippen MR) is 99.6 cm³/mol. The van der Waals surface area contributed by atoms with E-state index in [1.165, 1.54) is 0 Å². The summed E-state index contributed by atoms with van der Waals surface area (Å²) in [5.41, 5.74) is 7.19. The molecule has 3 aromatic heterocycles. The molecule has 0 unspecified atom stereocenters. The van der Waals surface area contributed by atoms with Gasteiger partial charge in [-0.15, -0.1) is 20.4 Å². The Bertz CT molecular complexity index is 907. The molecule has 142 valence electrons. The Morgan fingerprint density at radius 2 is 1.63 bits per heavy atom. The third-order valence-corrected chi connectivity index (χ3v) is 3.40. The topological polar surface area (TPSA) is 144 Å². The third kappa shape index (κ3) is 4.94. The molecule has 0 radical (unpaired) electrons. The van der Waals surface area contributed by atoms with Crippen molar-refractivity contribution in [1.82, 2.24) is 45.1 Å². The number of hydrogen-bond donors (Lipinski definition) is 3. The lowest BCUT2D eigenvalue weighted by atomic mass is 10.2. The molecule has 0 bridgehead atoms. The number of hydrogen-bond acceptors (Lipinski definition) is 11. The Morgan fingerprint density at radius 1 is 0.963 bits per heavy atom. The first-order chi connectivity index (χ1) is 12.9. The van der Waals surface area contributed by atoms with Crippen LogP contribution in [0, 0.1) is 19.8 Å². The van der Waals surface area contributed by atoms with Gasteiger partial charge in [0.2, 0.25) is 17.2 Å². The molecule has 0 saturated heterocycles. The average Bonchev–Trinajstić information content (AvgIpc) is 2.96. The fourth-order valence-corrected chi connectivity index (χ4v) is 2.24. The van der Waals surface area contributed by atoms with Crippen molar-refractivity contribution < 1.29 is 0 Å². The van der Waals surface area contributed by atoms with Crippen molar-refractivity contribution in [3.63, 3.8) is 0 Å². The van der Waals surface area contributed by atoms with Gasteiger partial charge in [0, 0.05) is 12.2 Å². The van der Waals surface area contributed by atoms with Crippen molar-refractivity contribution in [2.75, 3.05) is 22.7 Å². The van der Waals surface area contributed by atoms with Crippen molar-refractivity contribution in [1.29, 1.82) is 0 Å². The van der Waals surface area contributed by atoms with Crippen LogP contribution in [0.5, 0.6) is 0 Å². The minimum atomic E-state index is 0.0533. The molecule has 0 aliphatic carbocycles. The maximum absolute atomic E-state index is 5.92. The van der Waals surface area contributed by atoms with Crippen LogP contribution in [0.4, 0.5) is 17.8 Å². The van der Waals surface area contributed by atoms with Gasteiger partial charge < -0.3 is 5.32 Å². The van der Waals surface area contributed by atoms with Crippen LogP contribution in [0.25, 0.3) is 5.95 Å². The van der Waals surface area contributed by atoms with Gasteiger partial charge in [-0.25, -0.2) is 4.68 Å². The van der Waals surface area contributed by atoms with Crippen molar-refractivity contribution >= 4 is 29.4 Å². The maximum atomic E-state index is 5.92. The molecule has 0 atom stereocenters. The standard InChI is InChI=1S/C14H19ClN12/c1-7(2)6-16-11-17-10(15)18-12(19-11)20-21-13-22-24-14(25-23-13)27-9(4)5-8(3)26-27/h5,7H,6H2,1-4H3,(H,21,22,23)(H2,16,17,18,19,20). The van der Waals surface area contributed by atoms with Crippen molar-refractivity contribution in [2.24, 2.45) is 5.92 Å². The van der Waals surface area contributed by atoms with E-state index in [1.54, 1.807) is 4.68 Å². The van der Waals surface area contributed by atoms with Crippen LogP contribution in [0.15, 0.2) is 6.07 Å². The zero-order chi connectivity index (χ0) is 19.4. The van der Waals surface area contributed by atoms with Crippen molar-refractivity contribution in [3.8, 4) is 5.95 Å². The fraction of sp³-hybridized carbons (Fsp3) is 0.429. The lowest BCUT2D eigenvalue weighted by Crippen LogP contribution is -2.18. The molecule has 3 rings (SSSR count). The smallest absolute Gasteiger partial charge is 0.289 e. The number of hydrazine groups is 1. The van der Waals surface area contributed by atoms with Gasteiger partial charge >= 0.3 is 0 Å². The molecular weight excluding hydrogens is 372 g/mol. The molecule has 0 saturated carbocycles. The van der Waals surface area contributed by atoms with Gasteiger partial charge in [0.05, 0.1) is 5.69 Å². The van der Waals surface area contributed by atoms with Crippen LogP contribution in [0.2, 0.25) is 5.28 Å². The van der Waals surface area contributed by atoms with Crippen LogP contribution >= 0.6 is 11.6 Å². The van der Waals surface area contributed by atoms with E-state index >= 15 is 0 Å². The summed E-state index contributed by atoms with van der Waals surface area (Å²) in [6, 6.07) is 1.91. The highest BCUT2D eigenvalue weighted by molar-refractivity contribution is 6.28. The van der Waals surface area contributed by atoms with E-state index in [9.17, 15) is 0 Å². The van der Waals surface area contributed by atoms with Gasteiger partial charge in [0.15, 0.2) is 0 Å². The van der Waals surface area contributed by atoms with Crippen molar-refractivity contribution in [2.45, 2.75) is 27.7 Å². The second-order valence-electron chi connectivity index (χ2n) is 6.14. The van der Waals surface area contributed by atoms with E-state index in [-0.39, 0.29) is 23.1 Å². The molecule has 0 fully saturated rings. The zero-order valence-corrected chi connectivity index (χ0v) is 16.0. The van der Waals surface area contributed by atoms with Crippen molar-refractivity contribution in [3.05, 3.63) is 22.7 Å². The number of nitrogens with one attached hydrogen (secondary N) is 3. The molecule has 0 amide bonds. The number of nitrogens with zero attached hydrogens (tertiary/aromatic N) is 9. The molecular formula is C14H19ClN12. The van der Waals surface area contributed by atoms with Gasteiger partial charge in [-0.1, -0.05) is 13.8 Å². The third-order valence-electron chi connectivity index (χ3n) is 3.23. The Kier molecular flexibility index (Phi) is 5.54. The summed E-state index contributed by atoms with van der Waals surface area (Å²) in [7, 11) is 0. The van der Waals surface area contributed by atoms with Crippen LogP contribution in [-0.4, -0.2) is 51.7 Å². The Labute approximate surface area is 160 Å². The summed E-state index contributed by atoms with van der Waals surface area (Å²) in [6.45, 7) is 8.63. The summed E-state index contributed by atoms with van der Waals surface area (Å²) >= 11 is 5.92. The molecule has 3 heterocycles. The highest BCUT2D eigenvalue weighted by Gasteiger charge is 2.09. The normalized spacial score (nSPS) is 10.9. The fourth-order valence-electron chi connectivity index (χ4n) is 2.08. The average molecular weight is 391 g/mol. The lowest BCUT2D eigenvalue weighted by Gasteiger charge is -2.10. The number of halogens is 1. The Morgan fingerprint density at radius 3 is 2.26 bits per heavy atom. The number of anilines is 3. The minimum absolute atomic E-state index is 0.0533. The zero-order valence-electron chi connectivity index (χ0n) is 15.3. The van der Waals surface area contributed by atoms with E-state index in [1.807, 2.05) is 19.9 Å². The quantitative estimate of drug-likeness (QED) is 0.503. The molecule has 0 aliphatic rings. The predicted octanol–water partition coefficient (Wildman–Crippen LogP) is 1.41. The Hall–Kier alpha value is -3.15. The van der Waals surface area contributed by atoms with E-state index < -0.39 is 0 Å². The summed E-state index contributed by atoms with van der Waals surface area (Å²) < 4.78 is 1.56. The lowest BCUT2D eigenvalue weighted by molar-refractivity contribution is 0.684.